The van der Waals surface area contributed by atoms with E-state index in [-0.39, 0.29) is 5.91 Å². The van der Waals surface area contributed by atoms with Gasteiger partial charge in [-0.3, -0.25) is 14.4 Å². The molecule has 1 saturated carbocycles. The van der Waals surface area contributed by atoms with Gasteiger partial charge < -0.3 is 4.90 Å². The fourth-order valence-electron chi connectivity index (χ4n) is 3.51. The van der Waals surface area contributed by atoms with Crippen molar-refractivity contribution in [1.82, 2.24) is 19.6 Å². The Bertz CT molecular complexity index is 775. The van der Waals surface area contributed by atoms with E-state index < -0.39 is 0 Å². The number of aryl methyl sites for hydroxylation is 1. The van der Waals surface area contributed by atoms with Gasteiger partial charge in [-0.2, -0.15) is 5.10 Å². The van der Waals surface area contributed by atoms with Gasteiger partial charge in [0.15, 0.2) is 5.69 Å². The van der Waals surface area contributed by atoms with Crippen molar-refractivity contribution in [2.24, 2.45) is 7.05 Å². The Morgan fingerprint density at radius 2 is 1.96 bits per heavy atom. The number of carbonyl (C=O) groups is 1. The maximum absolute atomic E-state index is 12.7. The van der Waals surface area contributed by atoms with Gasteiger partial charge in [0.2, 0.25) is 0 Å². The summed E-state index contributed by atoms with van der Waals surface area (Å²) in [7, 11) is 1.94. The van der Waals surface area contributed by atoms with Crippen LogP contribution in [0.2, 0.25) is 5.02 Å². The Labute approximate surface area is 153 Å². The molecule has 0 atom stereocenters. The molecule has 4 rings (SSSR count). The minimum absolute atomic E-state index is 0.0601. The summed E-state index contributed by atoms with van der Waals surface area (Å²) in [6.45, 7) is 4.11. The molecule has 0 unspecified atom stereocenters. The molecule has 1 aromatic heterocycles. The molecule has 1 saturated heterocycles. The van der Waals surface area contributed by atoms with Crippen LogP contribution in [0.3, 0.4) is 0 Å². The van der Waals surface area contributed by atoms with Crippen LogP contribution in [0.4, 0.5) is 0 Å². The highest BCUT2D eigenvalue weighted by atomic mass is 35.5. The number of hydrogen-bond acceptors (Lipinski definition) is 3. The van der Waals surface area contributed by atoms with Crippen LogP contribution in [0.5, 0.6) is 0 Å². The van der Waals surface area contributed by atoms with Crippen molar-refractivity contribution in [2.75, 3.05) is 26.2 Å². The number of carbonyl (C=O) groups excluding carboxylic acids is 1. The minimum Gasteiger partial charge on any atom is -0.335 e. The predicted octanol–water partition coefficient (Wildman–Crippen LogP) is 2.91. The number of amides is 1. The van der Waals surface area contributed by atoms with Gasteiger partial charge in [0.25, 0.3) is 5.91 Å². The summed E-state index contributed by atoms with van der Waals surface area (Å²) < 4.78 is 1.88. The molecule has 0 radical (unpaired) electrons. The van der Waals surface area contributed by atoms with Crippen molar-refractivity contribution in [3.63, 3.8) is 0 Å². The predicted molar refractivity (Wildman–Crippen MR) is 97.8 cm³/mol. The maximum atomic E-state index is 12.7. The molecule has 1 aromatic carbocycles. The second-order valence-electron chi connectivity index (χ2n) is 7.05. The van der Waals surface area contributed by atoms with E-state index >= 15 is 0 Å². The summed E-state index contributed by atoms with van der Waals surface area (Å²) in [6, 6.07) is 9.96. The van der Waals surface area contributed by atoms with Crippen molar-refractivity contribution >= 4 is 17.5 Å². The highest BCUT2D eigenvalue weighted by Gasteiger charge is 2.30. The number of aromatic nitrogens is 2. The molecule has 0 N–H and O–H groups in total. The van der Waals surface area contributed by atoms with E-state index in [1.54, 1.807) is 0 Å². The monoisotopic (exact) mass is 358 g/mol. The van der Waals surface area contributed by atoms with Gasteiger partial charge in [0.1, 0.15) is 0 Å². The van der Waals surface area contributed by atoms with E-state index in [1.165, 1.54) is 24.1 Å². The van der Waals surface area contributed by atoms with Crippen LogP contribution < -0.4 is 0 Å². The van der Waals surface area contributed by atoms with Gasteiger partial charge in [-0.25, -0.2) is 0 Å². The zero-order valence-corrected chi connectivity index (χ0v) is 15.2. The Morgan fingerprint density at radius 3 is 2.64 bits per heavy atom. The third-order valence-electron chi connectivity index (χ3n) is 5.09. The molecular formula is C19H23ClN4O. The number of nitrogens with zero attached hydrogens (tertiary/aromatic N) is 4. The zero-order valence-electron chi connectivity index (χ0n) is 14.5. The number of piperazine rings is 1. The summed E-state index contributed by atoms with van der Waals surface area (Å²) in [5.41, 5.74) is 3.00. The van der Waals surface area contributed by atoms with E-state index in [0.29, 0.717) is 11.6 Å². The topological polar surface area (TPSA) is 41.4 Å². The lowest BCUT2D eigenvalue weighted by Crippen LogP contribution is -2.48. The second-order valence-corrected chi connectivity index (χ2v) is 7.49. The Morgan fingerprint density at radius 1 is 1.20 bits per heavy atom. The normalized spacial score (nSPS) is 18.6. The van der Waals surface area contributed by atoms with Gasteiger partial charge in [0, 0.05) is 56.4 Å². The van der Waals surface area contributed by atoms with E-state index in [1.807, 2.05) is 40.9 Å². The standard InChI is InChI=1S/C19H23ClN4O/c1-22-18(15-5-6-15)12-17(21-22)19(25)24-9-7-23(8-10-24)13-14-3-2-4-16(20)11-14/h2-4,11-12,15H,5-10,13H2,1H3. The molecule has 2 aliphatic rings. The van der Waals surface area contributed by atoms with Crippen molar-refractivity contribution in [1.29, 1.82) is 0 Å². The molecule has 6 heteroatoms. The first-order valence-electron chi connectivity index (χ1n) is 8.90. The number of halogens is 1. The third-order valence-corrected chi connectivity index (χ3v) is 5.32. The van der Waals surface area contributed by atoms with E-state index in [4.69, 9.17) is 11.6 Å². The smallest absolute Gasteiger partial charge is 0.274 e. The van der Waals surface area contributed by atoms with Crippen LogP contribution in [-0.2, 0) is 13.6 Å². The first kappa shape index (κ1) is 16.6. The lowest BCUT2D eigenvalue weighted by Gasteiger charge is -2.34. The van der Waals surface area contributed by atoms with Crippen LogP contribution in [0.1, 0.15) is 40.5 Å². The summed E-state index contributed by atoms with van der Waals surface area (Å²) in [5.74, 6) is 0.665. The van der Waals surface area contributed by atoms with Crippen LogP contribution in [-0.4, -0.2) is 51.7 Å². The fourth-order valence-corrected chi connectivity index (χ4v) is 3.72. The molecule has 2 heterocycles. The van der Waals surface area contributed by atoms with Crippen molar-refractivity contribution in [3.05, 3.63) is 52.3 Å². The molecule has 1 aliphatic heterocycles. The molecule has 25 heavy (non-hydrogen) atoms. The third kappa shape index (κ3) is 3.72. The molecule has 1 amide bonds. The fraction of sp³-hybridized carbons (Fsp3) is 0.474. The second kappa shape index (κ2) is 6.81. The molecule has 0 bridgehead atoms. The number of rotatable bonds is 4. The molecule has 132 valence electrons. The molecule has 2 aromatic rings. The molecule has 1 aliphatic carbocycles. The molecule has 2 fully saturated rings. The largest absolute Gasteiger partial charge is 0.335 e. The minimum atomic E-state index is 0.0601. The number of benzene rings is 1. The van der Waals surface area contributed by atoms with Crippen LogP contribution in [0, 0.1) is 0 Å². The quantitative estimate of drug-likeness (QED) is 0.843. The maximum Gasteiger partial charge on any atom is 0.274 e. The van der Waals surface area contributed by atoms with Gasteiger partial charge in [-0.05, 0) is 36.6 Å². The van der Waals surface area contributed by atoms with E-state index in [0.717, 1.165) is 37.7 Å². The van der Waals surface area contributed by atoms with E-state index in [2.05, 4.69) is 16.1 Å². The molecule has 0 spiro atoms. The average Bonchev–Trinajstić information content (AvgIpc) is 3.37. The number of hydrogen-bond donors (Lipinski definition) is 0. The van der Waals surface area contributed by atoms with Gasteiger partial charge >= 0.3 is 0 Å². The summed E-state index contributed by atoms with van der Waals surface area (Å²) in [4.78, 5) is 17.0. The van der Waals surface area contributed by atoms with Crippen LogP contribution >= 0.6 is 11.6 Å². The van der Waals surface area contributed by atoms with Crippen molar-refractivity contribution in [2.45, 2.75) is 25.3 Å². The summed E-state index contributed by atoms with van der Waals surface area (Å²) in [5, 5.41) is 5.21. The van der Waals surface area contributed by atoms with Gasteiger partial charge in [-0.1, -0.05) is 23.7 Å². The highest BCUT2D eigenvalue weighted by Crippen LogP contribution is 2.40. The average molecular weight is 359 g/mol. The Hall–Kier alpha value is -1.85. The highest BCUT2D eigenvalue weighted by molar-refractivity contribution is 6.30. The van der Waals surface area contributed by atoms with Crippen molar-refractivity contribution in [3.8, 4) is 0 Å². The zero-order chi connectivity index (χ0) is 17.4. The molecule has 5 nitrogen and oxygen atoms in total. The first-order valence-corrected chi connectivity index (χ1v) is 9.28. The summed E-state index contributed by atoms with van der Waals surface area (Å²) in [6.07, 6.45) is 2.44. The van der Waals surface area contributed by atoms with E-state index in [9.17, 15) is 4.79 Å². The van der Waals surface area contributed by atoms with Gasteiger partial charge in [0.05, 0.1) is 0 Å². The van der Waals surface area contributed by atoms with Crippen LogP contribution in [0.15, 0.2) is 30.3 Å². The summed E-state index contributed by atoms with van der Waals surface area (Å²) >= 11 is 6.06. The first-order chi connectivity index (χ1) is 12.1. The van der Waals surface area contributed by atoms with Crippen LogP contribution in [0.25, 0.3) is 0 Å². The van der Waals surface area contributed by atoms with Crippen molar-refractivity contribution < 1.29 is 4.79 Å². The van der Waals surface area contributed by atoms with Gasteiger partial charge in [-0.15, -0.1) is 0 Å². The SMILES string of the molecule is Cn1nc(C(=O)N2CCN(Cc3cccc(Cl)c3)CC2)cc1C1CC1. The Balaban J connectivity index is 1.35. The lowest BCUT2D eigenvalue weighted by molar-refractivity contribution is 0.0622. The Kier molecular flexibility index (Phi) is 4.52. The lowest BCUT2D eigenvalue weighted by atomic mass is 10.2. The molecular weight excluding hydrogens is 336 g/mol.